The third-order valence-corrected chi connectivity index (χ3v) is 5.09. The van der Waals surface area contributed by atoms with Crippen molar-refractivity contribution in [2.75, 3.05) is 19.7 Å². The van der Waals surface area contributed by atoms with Crippen molar-refractivity contribution in [1.29, 1.82) is 0 Å². The molecule has 3 unspecified atom stereocenters. The molecular formula is C19H25N3O9. The lowest BCUT2D eigenvalue weighted by molar-refractivity contribution is -0.165. The van der Waals surface area contributed by atoms with Gasteiger partial charge < -0.3 is 24.3 Å². The van der Waals surface area contributed by atoms with Gasteiger partial charge in [-0.3, -0.25) is 28.7 Å². The molecule has 1 aromatic heterocycles. The van der Waals surface area contributed by atoms with Gasteiger partial charge >= 0.3 is 23.6 Å². The Kier molecular flexibility index (Phi) is 6.91. The molecule has 2 aliphatic heterocycles. The maximum absolute atomic E-state index is 12.6. The number of hydrogen-bond donors (Lipinski definition) is 2. The van der Waals surface area contributed by atoms with Crippen LogP contribution in [0.25, 0.3) is 0 Å². The molecule has 0 amide bonds. The minimum Gasteiger partial charge on any atom is -0.463 e. The van der Waals surface area contributed by atoms with Gasteiger partial charge in [-0.1, -0.05) is 0 Å². The monoisotopic (exact) mass is 439 g/mol. The van der Waals surface area contributed by atoms with Crippen molar-refractivity contribution in [2.24, 2.45) is 0 Å². The Morgan fingerprint density at radius 2 is 1.77 bits per heavy atom. The van der Waals surface area contributed by atoms with Crippen molar-refractivity contribution in [3.05, 3.63) is 32.6 Å². The maximum atomic E-state index is 12.6. The Morgan fingerprint density at radius 3 is 2.35 bits per heavy atom. The van der Waals surface area contributed by atoms with Crippen molar-refractivity contribution in [2.45, 2.75) is 57.6 Å². The zero-order chi connectivity index (χ0) is 22.7. The topological polar surface area (TPSA) is 155 Å². The smallest absolute Gasteiger partial charge is 0.328 e. The second-order valence-corrected chi connectivity index (χ2v) is 7.44. The molecule has 5 atom stereocenters. The lowest BCUT2D eigenvalue weighted by Gasteiger charge is -2.23. The maximum Gasteiger partial charge on any atom is 0.328 e. The van der Waals surface area contributed by atoms with Crippen LogP contribution < -0.4 is 16.6 Å². The van der Waals surface area contributed by atoms with Gasteiger partial charge in [-0.05, 0) is 13.0 Å². The standard InChI is InChI=1S/C19H25N3O9/c1-9(23)28-8-14-16(29-10(2)24)17(30-11(3)25)15(31-14)13-7-22(12-4-5-20-6-12)19(27)21-18(13)26/h7,12,14-17,20H,4-6,8H2,1-3H3,(H,21,26,27)/t12?,14-,15+,16?,17?/m1/s1. The lowest BCUT2D eigenvalue weighted by atomic mass is 10.0. The highest BCUT2D eigenvalue weighted by Gasteiger charge is 2.51. The summed E-state index contributed by atoms with van der Waals surface area (Å²) in [6, 6.07) is -0.169. The number of rotatable bonds is 6. The first-order valence-corrected chi connectivity index (χ1v) is 9.86. The van der Waals surface area contributed by atoms with E-state index in [1.165, 1.54) is 24.6 Å². The minimum atomic E-state index is -1.18. The fraction of sp³-hybridized carbons (Fsp3) is 0.632. The van der Waals surface area contributed by atoms with Crippen LogP contribution in [0.2, 0.25) is 0 Å². The van der Waals surface area contributed by atoms with Crippen LogP contribution in [0.15, 0.2) is 15.8 Å². The van der Waals surface area contributed by atoms with Crippen molar-refractivity contribution >= 4 is 17.9 Å². The van der Waals surface area contributed by atoms with Gasteiger partial charge in [0.05, 0.1) is 11.6 Å². The summed E-state index contributed by atoms with van der Waals surface area (Å²) in [6.45, 7) is 4.52. The third-order valence-electron chi connectivity index (χ3n) is 5.09. The average molecular weight is 439 g/mol. The number of H-pyrrole nitrogens is 1. The predicted octanol–water partition coefficient (Wildman–Crippen LogP) is -1.06. The van der Waals surface area contributed by atoms with E-state index < -0.39 is 53.6 Å². The fourth-order valence-corrected chi connectivity index (χ4v) is 3.82. The van der Waals surface area contributed by atoms with Crippen LogP contribution in [0, 0.1) is 0 Å². The van der Waals surface area contributed by atoms with Gasteiger partial charge in [-0.25, -0.2) is 4.79 Å². The molecule has 3 heterocycles. The van der Waals surface area contributed by atoms with E-state index in [2.05, 4.69) is 10.3 Å². The van der Waals surface area contributed by atoms with Crippen molar-refractivity contribution < 1.29 is 33.3 Å². The largest absolute Gasteiger partial charge is 0.463 e. The van der Waals surface area contributed by atoms with Gasteiger partial charge in [0.15, 0.2) is 12.2 Å². The van der Waals surface area contributed by atoms with Crippen LogP contribution >= 0.6 is 0 Å². The summed E-state index contributed by atoms with van der Waals surface area (Å²) in [7, 11) is 0. The molecule has 31 heavy (non-hydrogen) atoms. The molecule has 0 aromatic carbocycles. The molecule has 2 saturated heterocycles. The number of carbonyl (C=O) groups excluding carboxylic acids is 3. The van der Waals surface area contributed by atoms with Crippen LogP contribution in [-0.2, 0) is 33.3 Å². The Morgan fingerprint density at radius 1 is 1.10 bits per heavy atom. The van der Waals surface area contributed by atoms with Crippen LogP contribution in [0.3, 0.4) is 0 Å². The van der Waals surface area contributed by atoms with Crippen molar-refractivity contribution in [3.8, 4) is 0 Å². The summed E-state index contributed by atoms with van der Waals surface area (Å²) < 4.78 is 22.9. The molecule has 0 radical (unpaired) electrons. The Labute approximate surface area is 176 Å². The van der Waals surface area contributed by atoms with Crippen LogP contribution in [-0.4, -0.2) is 65.5 Å². The second-order valence-electron chi connectivity index (χ2n) is 7.44. The molecular weight excluding hydrogens is 414 g/mol. The predicted molar refractivity (Wildman–Crippen MR) is 103 cm³/mol. The summed E-state index contributed by atoms with van der Waals surface area (Å²) in [5.74, 6) is -1.94. The number of aromatic amines is 1. The van der Waals surface area contributed by atoms with E-state index in [1.807, 2.05) is 0 Å². The zero-order valence-corrected chi connectivity index (χ0v) is 17.4. The van der Waals surface area contributed by atoms with Gasteiger partial charge in [-0.2, -0.15) is 0 Å². The van der Waals surface area contributed by atoms with E-state index in [9.17, 15) is 24.0 Å². The van der Waals surface area contributed by atoms with E-state index in [1.54, 1.807) is 0 Å². The first kappa shape index (κ1) is 22.7. The van der Waals surface area contributed by atoms with E-state index in [4.69, 9.17) is 18.9 Å². The number of hydrogen-bond acceptors (Lipinski definition) is 10. The highest BCUT2D eigenvalue weighted by atomic mass is 16.6. The molecule has 0 aliphatic carbocycles. The van der Waals surface area contributed by atoms with Gasteiger partial charge in [0.25, 0.3) is 5.56 Å². The van der Waals surface area contributed by atoms with Gasteiger partial charge in [0.1, 0.15) is 18.8 Å². The van der Waals surface area contributed by atoms with Crippen LogP contribution in [0.5, 0.6) is 0 Å². The molecule has 12 heteroatoms. The number of aromatic nitrogens is 2. The Bertz CT molecular complexity index is 963. The van der Waals surface area contributed by atoms with Gasteiger partial charge in [0.2, 0.25) is 0 Å². The SMILES string of the molecule is CC(=O)OC[C@H]1O[C@@H](c2cn(C3CCNC3)c(=O)[nH]c2=O)C(OC(C)=O)C1OC(C)=O. The number of carbonyl (C=O) groups is 3. The Hall–Kier alpha value is -2.99. The summed E-state index contributed by atoms with van der Waals surface area (Å²) in [5, 5.41) is 3.14. The average Bonchev–Trinajstić information content (AvgIpc) is 3.29. The zero-order valence-electron chi connectivity index (χ0n) is 17.4. The van der Waals surface area contributed by atoms with E-state index in [0.717, 1.165) is 13.5 Å². The molecule has 170 valence electrons. The number of ether oxygens (including phenoxy) is 4. The lowest BCUT2D eigenvalue weighted by Crippen LogP contribution is -2.41. The van der Waals surface area contributed by atoms with Crippen molar-refractivity contribution in [3.63, 3.8) is 0 Å². The Balaban J connectivity index is 2.02. The number of esters is 3. The highest BCUT2D eigenvalue weighted by molar-refractivity contribution is 5.68. The third kappa shape index (κ3) is 5.20. The quantitative estimate of drug-likeness (QED) is 0.414. The molecule has 12 nitrogen and oxygen atoms in total. The summed E-state index contributed by atoms with van der Waals surface area (Å²) in [6.07, 6.45) is -2.39. The molecule has 2 fully saturated rings. The minimum absolute atomic E-state index is 0.0280. The number of nitrogens with one attached hydrogen (secondary N) is 2. The summed E-state index contributed by atoms with van der Waals surface area (Å²) in [5.41, 5.74) is -1.26. The second kappa shape index (κ2) is 9.43. The van der Waals surface area contributed by atoms with Crippen LogP contribution in [0.4, 0.5) is 0 Å². The molecule has 3 rings (SSSR count). The molecule has 2 N–H and O–H groups in total. The van der Waals surface area contributed by atoms with E-state index in [0.29, 0.717) is 13.0 Å². The molecule has 1 aromatic rings. The molecule has 0 saturated carbocycles. The van der Waals surface area contributed by atoms with Gasteiger partial charge in [-0.15, -0.1) is 0 Å². The molecule has 2 aliphatic rings. The molecule has 0 bridgehead atoms. The highest BCUT2D eigenvalue weighted by Crippen LogP contribution is 2.36. The normalized spacial score (nSPS) is 27.6. The fourth-order valence-electron chi connectivity index (χ4n) is 3.82. The summed E-state index contributed by atoms with van der Waals surface area (Å²) >= 11 is 0. The first-order chi connectivity index (χ1) is 14.7. The number of nitrogens with zero attached hydrogens (tertiary/aromatic N) is 1. The first-order valence-electron chi connectivity index (χ1n) is 9.86. The van der Waals surface area contributed by atoms with Crippen LogP contribution in [0.1, 0.15) is 44.9 Å². The van der Waals surface area contributed by atoms with Gasteiger partial charge in [0, 0.05) is 33.5 Å². The van der Waals surface area contributed by atoms with Crippen molar-refractivity contribution in [1.82, 2.24) is 14.9 Å². The molecule has 0 spiro atoms. The van der Waals surface area contributed by atoms with E-state index in [-0.39, 0.29) is 18.2 Å². The van der Waals surface area contributed by atoms with E-state index >= 15 is 0 Å². The summed E-state index contributed by atoms with van der Waals surface area (Å²) in [4.78, 5) is 61.9.